The minimum atomic E-state index is -0.0582. The van der Waals surface area contributed by atoms with Crippen molar-refractivity contribution in [2.45, 2.75) is 13.0 Å². The summed E-state index contributed by atoms with van der Waals surface area (Å²) in [6.45, 7) is 1.91. The number of aromatic nitrogens is 2. The van der Waals surface area contributed by atoms with E-state index in [1.807, 2.05) is 13.0 Å². The molecule has 0 amide bonds. The normalized spacial score (nSPS) is 13.1. The Balaban J connectivity index is 2.41. The molecule has 0 aliphatic carbocycles. The Hall–Kier alpha value is 0.180. The number of halogens is 2. The summed E-state index contributed by atoms with van der Waals surface area (Å²) in [5.41, 5.74) is 6.80. The Morgan fingerprint density at radius 2 is 2.07 bits per heavy atom. The van der Waals surface area contributed by atoms with Gasteiger partial charge in [0, 0.05) is 5.56 Å². The fraction of sp³-hybridized carbons (Fsp3) is 0.250. The minimum absolute atomic E-state index is 0.0582. The maximum Gasteiger partial charge on any atom is 0.149 e. The van der Waals surface area contributed by atoms with Crippen LogP contribution >= 0.6 is 54.5 Å². The molecule has 0 aliphatic heterocycles. The van der Waals surface area contributed by atoms with Crippen molar-refractivity contribution in [2.75, 3.05) is 0 Å². The van der Waals surface area contributed by atoms with E-state index in [0.29, 0.717) is 0 Å². The first-order chi connectivity index (χ1) is 7.08. The number of thiophene rings is 1. The lowest BCUT2D eigenvalue weighted by Gasteiger charge is -1.94. The van der Waals surface area contributed by atoms with Crippen LogP contribution in [0, 0.1) is 0 Å². The van der Waals surface area contributed by atoms with Crippen molar-refractivity contribution in [3.63, 3.8) is 0 Å². The third kappa shape index (κ3) is 2.47. The standard InChI is InChI=1S/C8H7Br2N3S2/c1-3(11)7-12-13-8(15-7)4-2-5(9)14-6(4)10/h2-3H,11H2,1H3. The van der Waals surface area contributed by atoms with Crippen LogP contribution < -0.4 is 5.73 Å². The second-order valence-electron chi connectivity index (χ2n) is 2.97. The van der Waals surface area contributed by atoms with E-state index in [0.717, 1.165) is 23.2 Å². The highest BCUT2D eigenvalue weighted by Gasteiger charge is 2.14. The van der Waals surface area contributed by atoms with Crippen molar-refractivity contribution in [3.05, 3.63) is 18.6 Å². The van der Waals surface area contributed by atoms with Crippen LogP contribution in [0.15, 0.2) is 13.6 Å². The van der Waals surface area contributed by atoms with Crippen molar-refractivity contribution < 1.29 is 0 Å². The summed E-state index contributed by atoms with van der Waals surface area (Å²) in [6, 6.07) is 1.97. The number of hydrogen-bond donors (Lipinski definition) is 1. The summed E-state index contributed by atoms with van der Waals surface area (Å²) >= 11 is 10.1. The lowest BCUT2D eigenvalue weighted by Crippen LogP contribution is -2.03. The van der Waals surface area contributed by atoms with E-state index < -0.39 is 0 Å². The zero-order valence-corrected chi connectivity index (χ0v) is 12.5. The molecule has 0 radical (unpaired) electrons. The molecule has 0 saturated heterocycles. The highest BCUT2D eigenvalue weighted by molar-refractivity contribution is 9.12. The first-order valence-corrected chi connectivity index (χ1v) is 7.34. The fourth-order valence-corrected chi connectivity index (χ4v) is 4.83. The van der Waals surface area contributed by atoms with Gasteiger partial charge in [-0.05, 0) is 44.8 Å². The van der Waals surface area contributed by atoms with Crippen LogP contribution in [0.5, 0.6) is 0 Å². The molecule has 0 aromatic carbocycles. The predicted molar refractivity (Wildman–Crippen MR) is 71.2 cm³/mol. The van der Waals surface area contributed by atoms with Gasteiger partial charge >= 0.3 is 0 Å². The molecular formula is C8H7Br2N3S2. The monoisotopic (exact) mass is 367 g/mol. The molecule has 80 valence electrons. The minimum Gasteiger partial charge on any atom is -0.322 e. The van der Waals surface area contributed by atoms with Crippen LogP contribution in [0.3, 0.4) is 0 Å². The predicted octanol–water partition coefficient (Wildman–Crippen LogP) is 3.81. The Bertz CT molecular complexity index is 478. The van der Waals surface area contributed by atoms with Crippen LogP contribution in [0.2, 0.25) is 0 Å². The first-order valence-electron chi connectivity index (χ1n) is 4.12. The van der Waals surface area contributed by atoms with Gasteiger partial charge < -0.3 is 5.73 Å². The molecule has 2 heterocycles. The summed E-state index contributed by atoms with van der Waals surface area (Å²) in [5, 5.41) is 9.94. The van der Waals surface area contributed by atoms with Crippen molar-refractivity contribution in [3.8, 4) is 10.6 Å². The lowest BCUT2D eigenvalue weighted by molar-refractivity contribution is 0.786. The van der Waals surface area contributed by atoms with Crippen molar-refractivity contribution in [2.24, 2.45) is 5.73 Å². The molecule has 2 aromatic rings. The molecular weight excluding hydrogens is 362 g/mol. The number of rotatable bonds is 2. The quantitative estimate of drug-likeness (QED) is 0.876. The van der Waals surface area contributed by atoms with Gasteiger partial charge in [-0.15, -0.1) is 21.5 Å². The molecule has 3 nitrogen and oxygen atoms in total. The molecule has 1 atom stereocenters. The van der Waals surface area contributed by atoms with E-state index >= 15 is 0 Å². The average Bonchev–Trinajstić information content (AvgIpc) is 2.71. The molecule has 1 unspecified atom stereocenters. The molecule has 2 aromatic heterocycles. The van der Waals surface area contributed by atoms with Gasteiger partial charge in [-0.2, -0.15) is 0 Å². The van der Waals surface area contributed by atoms with E-state index in [1.165, 1.54) is 11.3 Å². The zero-order chi connectivity index (χ0) is 11.0. The Morgan fingerprint density at radius 3 is 2.53 bits per heavy atom. The number of nitrogens with zero attached hydrogens (tertiary/aromatic N) is 2. The molecule has 7 heteroatoms. The van der Waals surface area contributed by atoms with Gasteiger partial charge in [0.2, 0.25) is 0 Å². The molecule has 0 fully saturated rings. The van der Waals surface area contributed by atoms with Crippen molar-refractivity contribution in [1.29, 1.82) is 0 Å². The topological polar surface area (TPSA) is 51.8 Å². The van der Waals surface area contributed by atoms with Gasteiger partial charge in [-0.25, -0.2) is 0 Å². The van der Waals surface area contributed by atoms with Gasteiger partial charge in [0.15, 0.2) is 0 Å². The summed E-state index contributed by atoms with van der Waals surface area (Å²) in [4.78, 5) is 0. The number of nitrogens with two attached hydrogens (primary N) is 1. The van der Waals surface area contributed by atoms with E-state index in [2.05, 4.69) is 42.1 Å². The Labute approximate surface area is 112 Å². The third-order valence-corrected chi connectivity index (χ3v) is 5.21. The molecule has 0 saturated carbocycles. The highest BCUT2D eigenvalue weighted by atomic mass is 79.9. The summed E-state index contributed by atoms with van der Waals surface area (Å²) in [5.74, 6) is 0. The third-order valence-electron chi connectivity index (χ3n) is 1.72. The lowest BCUT2D eigenvalue weighted by atomic mass is 10.4. The van der Waals surface area contributed by atoms with Crippen molar-refractivity contribution >= 4 is 54.5 Å². The Kier molecular flexibility index (Phi) is 3.56. The van der Waals surface area contributed by atoms with Gasteiger partial charge in [0.1, 0.15) is 10.0 Å². The molecule has 0 spiro atoms. The maximum atomic E-state index is 5.74. The molecule has 2 rings (SSSR count). The SMILES string of the molecule is CC(N)c1nnc(-c2cc(Br)sc2Br)s1. The summed E-state index contributed by atoms with van der Waals surface area (Å²) in [7, 11) is 0. The van der Waals surface area contributed by atoms with Crippen LogP contribution in [0.1, 0.15) is 18.0 Å². The number of hydrogen-bond acceptors (Lipinski definition) is 5. The van der Waals surface area contributed by atoms with Crippen LogP contribution in [0.4, 0.5) is 0 Å². The fourth-order valence-electron chi connectivity index (χ4n) is 1.01. The van der Waals surface area contributed by atoms with Gasteiger partial charge in [-0.3, -0.25) is 0 Å². The van der Waals surface area contributed by atoms with Gasteiger partial charge in [0.25, 0.3) is 0 Å². The summed E-state index contributed by atoms with van der Waals surface area (Å²) in [6.07, 6.45) is 0. The molecule has 0 aliphatic rings. The second kappa shape index (κ2) is 4.58. The second-order valence-corrected chi connectivity index (χ2v) is 7.73. The zero-order valence-electron chi connectivity index (χ0n) is 7.70. The molecule has 2 N–H and O–H groups in total. The first kappa shape index (κ1) is 11.7. The van der Waals surface area contributed by atoms with E-state index in [-0.39, 0.29) is 6.04 Å². The van der Waals surface area contributed by atoms with Crippen LogP contribution in [0.25, 0.3) is 10.6 Å². The molecule has 0 bridgehead atoms. The van der Waals surface area contributed by atoms with Gasteiger partial charge in [0.05, 0.1) is 13.6 Å². The average molecular weight is 369 g/mol. The van der Waals surface area contributed by atoms with E-state index in [4.69, 9.17) is 5.73 Å². The Morgan fingerprint density at radius 1 is 1.33 bits per heavy atom. The smallest absolute Gasteiger partial charge is 0.149 e. The van der Waals surface area contributed by atoms with Crippen LogP contribution in [-0.4, -0.2) is 10.2 Å². The van der Waals surface area contributed by atoms with Crippen molar-refractivity contribution in [1.82, 2.24) is 10.2 Å². The van der Waals surface area contributed by atoms with E-state index in [9.17, 15) is 0 Å². The molecule has 15 heavy (non-hydrogen) atoms. The largest absolute Gasteiger partial charge is 0.322 e. The summed E-state index contributed by atoms with van der Waals surface area (Å²) < 4.78 is 2.13. The highest BCUT2D eigenvalue weighted by Crippen LogP contribution is 2.39. The van der Waals surface area contributed by atoms with Crippen LogP contribution in [-0.2, 0) is 0 Å². The van der Waals surface area contributed by atoms with E-state index in [1.54, 1.807) is 11.3 Å². The van der Waals surface area contributed by atoms with Gasteiger partial charge in [-0.1, -0.05) is 11.3 Å². The maximum absolute atomic E-state index is 5.74.